The molecule has 158 valence electrons. The van der Waals surface area contributed by atoms with E-state index >= 15 is 0 Å². The molecule has 0 radical (unpaired) electrons. The number of phenols is 1. The Morgan fingerprint density at radius 2 is 1.75 bits per heavy atom. The first kappa shape index (κ1) is 21.6. The molecule has 0 saturated heterocycles. The summed E-state index contributed by atoms with van der Waals surface area (Å²) in [5.41, 5.74) is 2.22. The number of rotatable bonds is 7. The van der Waals surface area contributed by atoms with Crippen LogP contribution in [0, 0.1) is 11.8 Å². The molecule has 3 heteroatoms. The van der Waals surface area contributed by atoms with Crippen LogP contribution in [0.3, 0.4) is 0 Å². The molecule has 0 bridgehead atoms. The highest BCUT2D eigenvalue weighted by Crippen LogP contribution is 2.50. The third-order valence-corrected chi connectivity index (χ3v) is 7.50. The molecule has 28 heavy (non-hydrogen) atoms. The van der Waals surface area contributed by atoms with Crippen molar-refractivity contribution in [1.82, 2.24) is 0 Å². The highest BCUT2D eigenvalue weighted by molar-refractivity contribution is 5.42. The van der Waals surface area contributed by atoms with Crippen molar-refractivity contribution in [3.63, 3.8) is 0 Å². The zero-order valence-electron chi connectivity index (χ0n) is 18.0. The fourth-order valence-corrected chi connectivity index (χ4v) is 5.72. The quantitative estimate of drug-likeness (QED) is 0.529. The molecule has 2 aliphatic carbocycles. The molecule has 1 aromatic carbocycles. The summed E-state index contributed by atoms with van der Waals surface area (Å²) in [6, 6.07) is 6.24. The summed E-state index contributed by atoms with van der Waals surface area (Å²) in [6.07, 6.45) is 9.81. The van der Waals surface area contributed by atoms with E-state index in [1.54, 1.807) is 0 Å². The molecule has 2 saturated carbocycles. The summed E-state index contributed by atoms with van der Waals surface area (Å²) in [5.74, 6) is 1.35. The van der Waals surface area contributed by atoms with Crippen molar-refractivity contribution in [3.05, 3.63) is 29.3 Å². The molecule has 2 aliphatic rings. The number of aliphatic hydroxyl groups is 2. The Balaban J connectivity index is 1.77. The lowest BCUT2D eigenvalue weighted by Gasteiger charge is -2.45. The van der Waals surface area contributed by atoms with Crippen LogP contribution in [0.2, 0.25) is 0 Å². The first-order chi connectivity index (χ1) is 13.3. The minimum atomic E-state index is -0.296. The number of hydrogen-bond donors (Lipinski definition) is 3. The van der Waals surface area contributed by atoms with E-state index in [1.165, 1.54) is 31.2 Å². The van der Waals surface area contributed by atoms with E-state index in [-0.39, 0.29) is 23.5 Å². The first-order valence-electron chi connectivity index (χ1n) is 11.5. The molecule has 1 aromatic rings. The fraction of sp³-hybridized carbons (Fsp3) is 0.760. The lowest BCUT2D eigenvalue weighted by atomic mass is 9.62. The molecule has 5 atom stereocenters. The monoisotopic (exact) mass is 388 g/mol. The third-order valence-electron chi connectivity index (χ3n) is 7.50. The van der Waals surface area contributed by atoms with Crippen molar-refractivity contribution in [2.24, 2.45) is 11.8 Å². The van der Waals surface area contributed by atoms with Crippen LogP contribution < -0.4 is 0 Å². The molecule has 3 nitrogen and oxygen atoms in total. The van der Waals surface area contributed by atoms with Gasteiger partial charge in [0.25, 0.3) is 0 Å². The molecule has 0 aromatic heterocycles. The molecule has 0 aliphatic heterocycles. The topological polar surface area (TPSA) is 60.7 Å². The zero-order chi connectivity index (χ0) is 20.3. The second kappa shape index (κ2) is 9.17. The van der Waals surface area contributed by atoms with Gasteiger partial charge in [0.2, 0.25) is 0 Å². The second-order valence-corrected chi connectivity index (χ2v) is 10.1. The molecule has 3 rings (SSSR count). The predicted molar refractivity (Wildman–Crippen MR) is 115 cm³/mol. The van der Waals surface area contributed by atoms with Gasteiger partial charge < -0.3 is 15.3 Å². The van der Waals surface area contributed by atoms with Gasteiger partial charge in [-0.05, 0) is 78.9 Å². The molecular weight excluding hydrogens is 348 g/mol. The fourth-order valence-electron chi connectivity index (χ4n) is 5.72. The number of benzene rings is 1. The average Bonchev–Trinajstić information content (AvgIpc) is 2.65. The van der Waals surface area contributed by atoms with Crippen LogP contribution in [0.25, 0.3) is 0 Å². The minimum Gasteiger partial charge on any atom is -0.508 e. The maximum absolute atomic E-state index is 10.9. The van der Waals surface area contributed by atoms with Gasteiger partial charge in [-0.15, -0.1) is 0 Å². The average molecular weight is 389 g/mol. The minimum absolute atomic E-state index is 0.0550. The van der Waals surface area contributed by atoms with Crippen LogP contribution in [-0.2, 0) is 5.41 Å². The van der Waals surface area contributed by atoms with E-state index < -0.39 is 0 Å². The van der Waals surface area contributed by atoms with Gasteiger partial charge in [0, 0.05) is 0 Å². The van der Waals surface area contributed by atoms with Crippen molar-refractivity contribution in [1.29, 1.82) is 0 Å². The van der Waals surface area contributed by atoms with Crippen LogP contribution in [0.5, 0.6) is 5.75 Å². The summed E-state index contributed by atoms with van der Waals surface area (Å²) in [4.78, 5) is 0. The van der Waals surface area contributed by atoms with Crippen LogP contribution >= 0.6 is 0 Å². The Kier molecular flexibility index (Phi) is 7.09. The van der Waals surface area contributed by atoms with Gasteiger partial charge in [-0.1, -0.05) is 58.6 Å². The maximum Gasteiger partial charge on any atom is 0.119 e. The SMILES string of the molecule is CCCCCCC(C)(C)c1ccc([C@@H]2C[C@H](O)C[C@@H]3CC[C@@H](O)C[C@H]32)c(O)c1. The summed E-state index contributed by atoms with van der Waals surface area (Å²) in [7, 11) is 0. The lowest BCUT2D eigenvalue weighted by Crippen LogP contribution is -2.39. The van der Waals surface area contributed by atoms with Gasteiger partial charge in [-0.3, -0.25) is 0 Å². The van der Waals surface area contributed by atoms with Crippen molar-refractivity contribution in [3.8, 4) is 5.75 Å². The van der Waals surface area contributed by atoms with E-state index in [4.69, 9.17) is 0 Å². The first-order valence-corrected chi connectivity index (χ1v) is 11.5. The Bertz CT molecular complexity index is 639. The van der Waals surface area contributed by atoms with Crippen molar-refractivity contribution in [2.45, 2.75) is 109 Å². The van der Waals surface area contributed by atoms with Gasteiger partial charge in [-0.25, -0.2) is 0 Å². The molecule has 2 fully saturated rings. The summed E-state index contributed by atoms with van der Waals surface area (Å²) in [5, 5.41) is 31.5. The van der Waals surface area contributed by atoms with Crippen LogP contribution in [0.15, 0.2) is 18.2 Å². The van der Waals surface area contributed by atoms with Crippen LogP contribution in [0.4, 0.5) is 0 Å². The Hall–Kier alpha value is -1.06. The van der Waals surface area contributed by atoms with Gasteiger partial charge >= 0.3 is 0 Å². The van der Waals surface area contributed by atoms with Crippen LogP contribution in [-0.4, -0.2) is 27.5 Å². The molecule has 0 spiro atoms. The van der Waals surface area contributed by atoms with E-state index in [9.17, 15) is 15.3 Å². The van der Waals surface area contributed by atoms with Crippen molar-refractivity contribution < 1.29 is 15.3 Å². The number of hydrogen-bond acceptors (Lipinski definition) is 3. The second-order valence-electron chi connectivity index (χ2n) is 10.1. The Labute approximate surface area is 171 Å². The largest absolute Gasteiger partial charge is 0.508 e. The molecule has 0 unspecified atom stereocenters. The summed E-state index contributed by atoms with van der Waals surface area (Å²) in [6.45, 7) is 6.77. The maximum atomic E-state index is 10.9. The lowest BCUT2D eigenvalue weighted by molar-refractivity contribution is -0.00864. The van der Waals surface area contributed by atoms with Crippen molar-refractivity contribution >= 4 is 0 Å². The molecular formula is C25H40O3. The highest BCUT2D eigenvalue weighted by Gasteiger charge is 2.42. The van der Waals surface area contributed by atoms with Gasteiger partial charge in [0.1, 0.15) is 5.75 Å². The normalized spacial score (nSPS) is 30.8. The highest BCUT2D eigenvalue weighted by atomic mass is 16.3. The number of aliphatic hydroxyl groups excluding tert-OH is 2. The summed E-state index contributed by atoms with van der Waals surface area (Å²) >= 11 is 0. The number of phenolic OH excluding ortho intramolecular Hbond substituents is 1. The molecule has 0 heterocycles. The van der Waals surface area contributed by atoms with Crippen molar-refractivity contribution in [2.75, 3.05) is 0 Å². The third kappa shape index (κ3) is 4.91. The number of fused-ring (bicyclic) bond motifs is 1. The van der Waals surface area contributed by atoms with E-state index in [0.29, 0.717) is 24.0 Å². The zero-order valence-corrected chi connectivity index (χ0v) is 18.0. The predicted octanol–water partition coefficient (Wildman–Crippen LogP) is 5.66. The Morgan fingerprint density at radius 3 is 2.46 bits per heavy atom. The van der Waals surface area contributed by atoms with E-state index in [1.807, 2.05) is 6.07 Å². The Morgan fingerprint density at radius 1 is 0.964 bits per heavy atom. The summed E-state index contributed by atoms with van der Waals surface area (Å²) < 4.78 is 0. The van der Waals surface area contributed by atoms with Crippen LogP contribution in [0.1, 0.15) is 102 Å². The number of unbranched alkanes of at least 4 members (excludes halogenated alkanes) is 3. The number of aromatic hydroxyl groups is 1. The molecule has 3 N–H and O–H groups in total. The van der Waals surface area contributed by atoms with E-state index in [2.05, 4.69) is 32.9 Å². The smallest absolute Gasteiger partial charge is 0.119 e. The van der Waals surface area contributed by atoms with Gasteiger partial charge in [0.15, 0.2) is 0 Å². The van der Waals surface area contributed by atoms with Gasteiger partial charge in [-0.2, -0.15) is 0 Å². The standard InChI is InChI=1S/C25H40O3/c1-4-5-6-7-12-25(2,3)18-9-11-21(24(28)14-18)23-16-20(27)13-17-8-10-19(26)15-22(17)23/h9,11,14,17,19-20,22-23,26-28H,4-8,10,12-13,15-16H2,1-3H3/t17-,19+,20+,22+,23-/m0/s1. The molecule has 0 amide bonds. The van der Waals surface area contributed by atoms with E-state index in [0.717, 1.165) is 37.7 Å². The van der Waals surface area contributed by atoms with Gasteiger partial charge in [0.05, 0.1) is 12.2 Å².